The number of carbonyl (C=O) groups excluding carboxylic acids is 2. The first-order chi connectivity index (χ1) is 32.2. The Balaban J connectivity index is 0.000000166. The third kappa shape index (κ3) is 8.80. The molecule has 4 aromatic rings. The Morgan fingerprint density at radius 1 is 0.576 bits per heavy atom. The number of aromatic nitrogens is 2. The highest BCUT2D eigenvalue weighted by Crippen LogP contribution is 2.51. The van der Waals surface area contributed by atoms with Gasteiger partial charge < -0.3 is 30.0 Å². The van der Waals surface area contributed by atoms with Crippen LogP contribution in [0.1, 0.15) is 111 Å². The van der Waals surface area contributed by atoms with E-state index >= 15 is 0 Å². The Hall–Kier alpha value is -5.40. The number of aliphatic hydroxyl groups excluding tert-OH is 2. The highest BCUT2D eigenvalue weighted by atomic mass is 16.3. The van der Waals surface area contributed by atoms with E-state index in [0.29, 0.717) is 37.3 Å². The van der Waals surface area contributed by atoms with Gasteiger partial charge in [0.2, 0.25) is 11.8 Å². The van der Waals surface area contributed by atoms with Crippen LogP contribution in [0.3, 0.4) is 0 Å². The summed E-state index contributed by atoms with van der Waals surface area (Å²) in [7, 11) is 0. The second kappa shape index (κ2) is 20.2. The Bertz CT molecular complexity index is 2350. The minimum absolute atomic E-state index is 0.00306. The van der Waals surface area contributed by atoms with Gasteiger partial charge >= 0.3 is 0 Å². The number of carbonyl (C=O) groups is 2. The Kier molecular flexibility index (Phi) is 14.0. The first-order valence-electron chi connectivity index (χ1n) is 24.4. The van der Waals surface area contributed by atoms with E-state index < -0.39 is 12.1 Å². The smallest absolute Gasteiger partial charge is 0.258 e. The third-order valence-electron chi connectivity index (χ3n) is 15.5. The zero-order valence-corrected chi connectivity index (χ0v) is 38.4. The van der Waals surface area contributed by atoms with Crippen molar-refractivity contribution in [3.05, 3.63) is 151 Å². The van der Waals surface area contributed by atoms with Gasteiger partial charge in [-0.1, -0.05) is 111 Å². The molecule has 4 N–H and O–H groups in total. The molecular formula is C54H66N6O6. The first-order valence-corrected chi connectivity index (χ1v) is 24.4. The number of nitrogens with one attached hydrogen (secondary N) is 2. The molecule has 12 heteroatoms. The van der Waals surface area contributed by atoms with Gasteiger partial charge in [-0.25, -0.2) is 0 Å². The van der Waals surface area contributed by atoms with E-state index in [9.17, 15) is 29.4 Å². The molecule has 0 spiro atoms. The standard InChI is InChI=1S/2C27H33N3O3/c2*1-2-8-19-13-14-23-24-21(16-29(23)27(19)33)22(17-31)25(26(32)28-20-11-6-7-12-20)30(24)15-18-9-4-3-5-10-18/h2*2-5,8-10,13-14,20-22,24-25,31H,6-7,11-12,15-17H2,1H3,(H,28,32)/b8-2+;8-2-/t2*21-,22-,24+,25-/m00/s1. The third-order valence-corrected chi connectivity index (χ3v) is 15.5. The van der Waals surface area contributed by atoms with Crippen molar-refractivity contribution in [2.45, 2.75) is 128 Å². The number of allylic oxidation sites excluding steroid dienone is 2. The van der Waals surface area contributed by atoms with Crippen LogP contribution in [-0.2, 0) is 35.8 Å². The second-order valence-corrected chi connectivity index (χ2v) is 19.4. The van der Waals surface area contributed by atoms with E-state index in [0.717, 1.165) is 73.9 Å². The molecular weight excluding hydrogens is 829 g/mol. The summed E-state index contributed by atoms with van der Waals surface area (Å²) in [5, 5.41) is 27.5. The van der Waals surface area contributed by atoms with Crippen LogP contribution in [0.25, 0.3) is 12.2 Å². The number of fused-ring (bicyclic) bond motifs is 6. The summed E-state index contributed by atoms with van der Waals surface area (Å²) in [6.07, 6.45) is 16.2. The second-order valence-electron chi connectivity index (χ2n) is 19.4. The van der Waals surface area contributed by atoms with Gasteiger partial charge in [-0.2, -0.15) is 0 Å². The predicted octanol–water partition coefficient (Wildman–Crippen LogP) is 6.21. The van der Waals surface area contributed by atoms with Crippen molar-refractivity contribution < 1.29 is 19.8 Å². The van der Waals surface area contributed by atoms with Gasteiger partial charge in [-0.3, -0.25) is 29.0 Å². The number of likely N-dealkylation sites (tertiary alicyclic amines) is 2. The van der Waals surface area contributed by atoms with Crippen LogP contribution in [0.5, 0.6) is 0 Å². The number of amides is 2. The van der Waals surface area contributed by atoms with Gasteiger partial charge in [0.1, 0.15) is 0 Å². The monoisotopic (exact) mass is 895 g/mol. The molecule has 2 amide bonds. The molecule has 12 nitrogen and oxygen atoms in total. The number of nitrogens with zero attached hydrogens (tertiary/aromatic N) is 4. The first kappa shape index (κ1) is 45.7. The summed E-state index contributed by atoms with van der Waals surface area (Å²) in [6.45, 7) is 5.95. The molecule has 0 unspecified atom stereocenters. The number of hydrogen-bond donors (Lipinski definition) is 4. The lowest BCUT2D eigenvalue weighted by atomic mass is 9.88. The van der Waals surface area contributed by atoms with Crippen molar-refractivity contribution in [2.75, 3.05) is 13.2 Å². The molecule has 0 radical (unpaired) electrons. The summed E-state index contributed by atoms with van der Waals surface area (Å²) in [6, 6.07) is 27.6. The fraction of sp³-hybridized carbons (Fsp3) is 0.481. The van der Waals surface area contributed by atoms with Crippen LogP contribution in [0.15, 0.2) is 107 Å². The highest BCUT2D eigenvalue weighted by molar-refractivity contribution is 5.84. The van der Waals surface area contributed by atoms with Gasteiger partial charge in [-0.15, -0.1) is 0 Å². The summed E-state index contributed by atoms with van der Waals surface area (Å²) in [5.41, 5.74) is 5.50. The highest BCUT2D eigenvalue weighted by Gasteiger charge is 2.57. The van der Waals surface area contributed by atoms with E-state index in [2.05, 4.69) is 44.7 Å². The molecule has 0 bridgehead atoms. The van der Waals surface area contributed by atoms with Crippen LogP contribution in [0.4, 0.5) is 0 Å². The van der Waals surface area contributed by atoms with Crippen molar-refractivity contribution in [1.82, 2.24) is 29.6 Å². The molecule has 10 rings (SSSR count). The van der Waals surface area contributed by atoms with Gasteiger partial charge in [0, 0.05) is 97.7 Å². The van der Waals surface area contributed by atoms with Crippen LogP contribution in [0.2, 0.25) is 0 Å². The molecule has 6 heterocycles. The van der Waals surface area contributed by atoms with E-state index in [-0.39, 0.29) is 84.0 Å². The molecule has 2 aromatic carbocycles. The lowest BCUT2D eigenvalue weighted by Crippen LogP contribution is -2.50. The molecule has 2 aliphatic carbocycles. The number of pyridine rings is 2. The summed E-state index contributed by atoms with van der Waals surface area (Å²) in [5.74, 6) is -0.358. The summed E-state index contributed by atoms with van der Waals surface area (Å²) >= 11 is 0. The topological polar surface area (TPSA) is 149 Å². The zero-order valence-electron chi connectivity index (χ0n) is 38.4. The molecule has 6 aliphatic rings. The number of hydrogen-bond acceptors (Lipinski definition) is 8. The van der Waals surface area contributed by atoms with Crippen molar-refractivity contribution in [3.63, 3.8) is 0 Å². The molecule has 66 heavy (non-hydrogen) atoms. The molecule has 348 valence electrons. The lowest BCUT2D eigenvalue weighted by Gasteiger charge is -2.31. The number of benzene rings is 2. The van der Waals surface area contributed by atoms with Gasteiger partial charge in [0.25, 0.3) is 11.1 Å². The van der Waals surface area contributed by atoms with E-state index in [4.69, 9.17) is 0 Å². The van der Waals surface area contributed by atoms with Crippen LogP contribution in [0, 0.1) is 23.7 Å². The normalized spacial score (nSPS) is 27.2. The Labute approximate surface area is 388 Å². The minimum atomic E-state index is -0.412. The number of rotatable bonds is 12. The quantitative estimate of drug-likeness (QED) is 0.131. The van der Waals surface area contributed by atoms with Crippen molar-refractivity contribution >= 4 is 24.0 Å². The molecule has 4 fully saturated rings. The molecule has 2 aromatic heterocycles. The summed E-state index contributed by atoms with van der Waals surface area (Å²) in [4.78, 5) is 57.9. The summed E-state index contributed by atoms with van der Waals surface area (Å²) < 4.78 is 3.72. The van der Waals surface area contributed by atoms with Gasteiger partial charge in [-0.05, 0) is 74.9 Å². The maximum atomic E-state index is 13.6. The van der Waals surface area contributed by atoms with Crippen molar-refractivity contribution in [3.8, 4) is 0 Å². The lowest BCUT2D eigenvalue weighted by molar-refractivity contribution is -0.129. The molecule has 8 atom stereocenters. The fourth-order valence-electron chi connectivity index (χ4n) is 12.5. The average molecular weight is 895 g/mol. The fourth-order valence-corrected chi connectivity index (χ4v) is 12.5. The average Bonchev–Trinajstić information content (AvgIpc) is 4.20. The maximum Gasteiger partial charge on any atom is 0.258 e. The number of aliphatic hydroxyl groups is 2. The van der Waals surface area contributed by atoms with Gasteiger partial charge in [0.05, 0.1) is 24.2 Å². The van der Waals surface area contributed by atoms with E-state index in [1.165, 1.54) is 0 Å². The van der Waals surface area contributed by atoms with E-state index in [1.807, 2.05) is 108 Å². The molecule has 2 saturated heterocycles. The Morgan fingerprint density at radius 2 is 0.955 bits per heavy atom. The van der Waals surface area contributed by atoms with Crippen molar-refractivity contribution in [2.24, 2.45) is 23.7 Å². The minimum Gasteiger partial charge on any atom is -0.396 e. The van der Waals surface area contributed by atoms with Crippen LogP contribution < -0.4 is 21.8 Å². The van der Waals surface area contributed by atoms with Crippen LogP contribution in [-0.4, -0.2) is 78.3 Å². The SMILES string of the molecule is C/C=C/c1ccc2n(c1=O)C[C@H]1[C@H](CO)[C@@H](C(=O)NC3CCCC3)N(Cc3ccccc3)[C@@H]21.C/C=C\c1ccc2n(c1=O)C[C@H]1[C@H](CO)[C@@H](C(=O)NC3CCCC3)N(Cc3ccccc3)[C@@H]21. The predicted molar refractivity (Wildman–Crippen MR) is 257 cm³/mol. The zero-order chi connectivity index (χ0) is 45.9. The van der Waals surface area contributed by atoms with Crippen LogP contribution >= 0.6 is 0 Å². The van der Waals surface area contributed by atoms with E-state index in [1.54, 1.807) is 0 Å². The molecule has 2 saturated carbocycles. The largest absolute Gasteiger partial charge is 0.396 e. The van der Waals surface area contributed by atoms with Gasteiger partial charge in [0.15, 0.2) is 0 Å². The maximum absolute atomic E-state index is 13.6. The molecule has 4 aliphatic heterocycles. The van der Waals surface area contributed by atoms with Crippen molar-refractivity contribution in [1.29, 1.82) is 0 Å². The Morgan fingerprint density at radius 3 is 1.30 bits per heavy atom.